The number of hydrogen-bond acceptors (Lipinski definition) is 2. The fraction of sp³-hybridized carbons (Fsp3) is 0.115. The van der Waals surface area contributed by atoms with Crippen LogP contribution < -0.4 is 0 Å². The van der Waals surface area contributed by atoms with Gasteiger partial charge in [0.25, 0.3) is 0 Å². The van der Waals surface area contributed by atoms with Crippen LogP contribution in [0.2, 0.25) is 0 Å². The second kappa shape index (κ2) is 10.9. The number of fused-ring (bicyclic) bond motifs is 12. The number of nitrogens with zero attached hydrogens (tertiary/aromatic N) is 4. The van der Waals surface area contributed by atoms with Crippen LogP contribution in [0.1, 0.15) is 49.9 Å². The minimum atomic E-state index is -0.115. The minimum absolute atomic E-state index is 0.0828. The summed E-state index contributed by atoms with van der Waals surface area (Å²) in [5.74, 6) is 0.681. The Balaban J connectivity index is 1.11. The maximum Gasteiger partial charge on any atom is 0.234 e. The number of benzene rings is 7. The van der Waals surface area contributed by atoms with E-state index in [2.05, 4.69) is 176 Å². The highest BCUT2D eigenvalue weighted by molar-refractivity contribution is 6.15. The second-order valence-electron chi connectivity index (χ2n) is 16.7. The van der Waals surface area contributed by atoms with Crippen LogP contribution >= 0.6 is 0 Å². The van der Waals surface area contributed by atoms with Crippen LogP contribution in [-0.4, -0.2) is 19.1 Å². The third-order valence-electron chi connectivity index (χ3n) is 13.0. The van der Waals surface area contributed by atoms with E-state index in [9.17, 15) is 0 Å². The number of para-hydroxylation sites is 1. The molecular formula is C52H38N4. The smallest absolute Gasteiger partial charge is 0.234 e. The highest BCUT2D eigenvalue weighted by Gasteiger charge is 2.37. The van der Waals surface area contributed by atoms with E-state index in [1.54, 1.807) is 0 Å². The molecule has 0 spiro atoms. The van der Waals surface area contributed by atoms with Crippen LogP contribution in [0, 0.1) is 0 Å². The molecule has 0 N–H and O–H groups in total. The predicted molar refractivity (Wildman–Crippen MR) is 231 cm³/mol. The van der Waals surface area contributed by atoms with Gasteiger partial charge in [0.2, 0.25) is 5.95 Å². The van der Waals surface area contributed by atoms with Crippen LogP contribution in [0.25, 0.3) is 88.6 Å². The summed E-state index contributed by atoms with van der Waals surface area (Å²) >= 11 is 0. The highest BCUT2D eigenvalue weighted by Crippen LogP contribution is 2.53. The van der Waals surface area contributed by atoms with Crippen molar-refractivity contribution in [2.75, 3.05) is 0 Å². The Hall–Kier alpha value is -6.78. The number of aromatic nitrogens is 4. The van der Waals surface area contributed by atoms with E-state index in [-0.39, 0.29) is 10.8 Å². The van der Waals surface area contributed by atoms with E-state index < -0.39 is 0 Å². The Labute approximate surface area is 325 Å². The summed E-state index contributed by atoms with van der Waals surface area (Å²) in [6, 6.07) is 54.1. The van der Waals surface area contributed by atoms with E-state index in [1.807, 2.05) is 18.5 Å². The molecule has 10 aromatic rings. The van der Waals surface area contributed by atoms with Crippen LogP contribution in [0.15, 0.2) is 158 Å². The van der Waals surface area contributed by atoms with Crippen LogP contribution in [0.5, 0.6) is 0 Å². The van der Waals surface area contributed by atoms with Crippen molar-refractivity contribution in [3.05, 3.63) is 180 Å². The van der Waals surface area contributed by atoms with E-state index in [1.165, 1.54) is 93.9 Å². The fourth-order valence-corrected chi connectivity index (χ4v) is 10.3. The quantitative estimate of drug-likeness (QED) is 0.182. The van der Waals surface area contributed by atoms with Crippen LogP contribution in [0.3, 0.4) is 0 Å². The first-order valence-corrected chi connectivity index (χ1v) is 19.6. The van der Waals surface area contributed by atoms with Gasteiger partial charge in [0.15, 0.2) is 0 Å². The zero-order chi connectivity index (χ0) is 37.5. The number of hydrogen-bond donors (Lipinski definition) is 0. The zero-order valence-corrected chi connectivity index (χ0v) is 31.8. The lowest BCUT2D eigenvalue weighted by Gasteiger charge is -2.21. The Morgan fingerprint density at radius 3 is 1.39 bits per heavy atom. The molecule has 3 aromatic heterocycles. The first-order chi connectivity index (χ1) is 27.3. The molecule has 4 heteroatoms. The predicted octanol–water partition coefficient (Wildman–Crippen LogP) is 13.0. The fourth-order valence-electron chi connectivity index (χ4n) is 10.3. The largest absolute Gasteiger partial charge is 0.309 e. The van der Waals surface area contributed by atoms with Gasteiger partial charge in [0.1, 0.15) is 0 Å². The Morgan fingerprint density at radius 2 is 0.839 bits per heavy atom. The van der Waals surface area contributed by atoms with E-state index >= 15 is 0 Å². The molecule has 56 heavy (non-hydrogen) atoms. The van der Waals surface area contributed by atoms with E-state index in [4.69, 9.17) is 9.97 Å². The lowest BCUT2D eigenvalue weighted by molar-refractivity contribution is 0.661. The average molecular weight is 719 g/mol. The van der Waals surface area contributed by atoms with Gasteiger partial charge in [-0.3, -0.25) is 4.57 Å². The molecule has 12 rings (SSSR count). The first kappa shape index (κ1) is 31.6. The monoisotopic (exact) mass is 718 g/mol. The van der Waals surface area contributed by atoms with Gasteiger partial charge in [0.05, 0.1) is 22.1 Å². The van der Waals surface area contributed by atoms with Gasteiger partial charge in [-0.25, -0.2) is 9.97 Å². The third-order valence-corrected chi connectivity index (χ3v) is 13.0. The van der Waals surface area contributed by atoms with Gasteiger partial charge in [-0.1, -0.05) is 107 Å². The SMILES string of the molecule is CC1(C)c2ccccc2-c2cc3c4cc(-c5ccc6c(c5)c5cc7c(cc5n6-c5ncccn5)C(C)(C)c5ccccc5-7)ccc4n(-c4ccccc4)c3cc21. The average Bonchev–Trinajstić information content (AvgIpc) is 3.88. The van der Waals surface area contributed by atoms with Crippen molar-refractivity contribution in [3.63, 3.8) is 0 Å². The molecule has 0 unspecified atom stereocenters. The molecule has 266 valence electrons. The molecule has 0 radical (unpaired) electrons. The molecule has 2 aliphatic carbocycles. The zero-order valence-electron chi connectivity index (χ0n) is 31.8. The first-order valence-electron chi connectivity index (χ1n) is 19.6. The molecule has 2 aliphatic rings. The topological polar surface area (TPSA) is 35.6 Å². The Kier molecular flexibility index (Phi) is 6.15. The Morgan fingerprint density at radius 1 is 0.375 bits per heavy atom. The van der Waals surface area contributed by atoms with Crippen molar-refractivity contribution in [2.24, 2.45) is 0 Å². The van der Waals surface area contributed by atoms with Crippen molar-refractivity contribution >= 4 is 43.6 Å². The van der Waals surface area contributed by atoms with Crippen molar-refractivity contribution in [2.45, 2.75) is 38.5 Å². The van der Waals surface area contributed by atoms with Crippen molar-refractivity contribution < 1.29 is 0 Å². The van der Waals surface area contributed by atoms with Gasteiger partial charge in [-0.05, 0) is 122 Å². The Bertz CT molecular complexity index is 3070. The maximum absolute atomic E-state index is 4.76. The lowest BCUT2D eigenvalue weighted by atomic mass is 9.82. The van der Waals surface area contributed by atoms with E-state index in [0.29, 0.717) is 5.95 Å². The summed E-state index contributed by atoms with van der Waals surface area (Å²) in [6.45, 7) is 9.41. The minimum Gasteiger partial charge on any atom is -0.309 e. The summed E-state index contributed by atoms with van der Waals surface area (Å²) in [5, 5.41) is 4.92. The molecular weight excluding hydrogens is 681 g/mol. The van der Waals surface area contributed by atoms with E-state index in [0.717, 1.165) is 11.0 Å². The standard InChI is InChI=1S/C52H38N4/c1-51(2)42-17-10-8-15-34(42)36-27-40-38-25-31(19-21-46(38)55(48(40)29-44(36)51)33-13-6-5-7-14-33)32-20-22-47-39(26-32)41-28-37-35-16-9-11-18-43(35)52(3,4)45(37)30-49(41)56(47)50-53-23-12-24-54-50/h5-30H,1-4H3. The molecule has 0 aliphatic heterocycles. The molecule has 0 saturated carbocycles. The highest BCUT2D eigenvalue weighted by atomic mass is 15.1. The maximum atomic E-state index is 4.76. The summed E-state index contributed by atoms with van der Waals surface area (Å²) < 4.78 is 4.69. The molecule has 7 aromatic carbocycles. The molecule has 0 amide bonds. The third kappa shape index (κ3) is 4.08. The summed E-state index contributed by atoms with van der Waals surface area (Å²) in [5.41, 5.74) is 18.8. The molecule has 0 bridgehead atoms. The normalized spacial score (nSPS) is 14.7. The molecule has 0 atom stereocenters. The van der Waals surface area contributed by atoms with Crippen molar-refractivity contribution in [1.82, 2.24) is 19.1 Å². The van der Waals surface area contributed by atoms with Gasteiger partial charge < -0.3 is 4.57 Å². The van der Waals surface area contributed by atoms with Crippen LogP contribution in [0.4, 0.5) is 0 Å². The van der Waals surface area contributed by atoms with Crippen molar-refractivity contribution in [1.29, 1.82) is 0 Å². The summed E-state index contributed by atoms with van der Waals surface area (Å²) in [6.07, 6.45) is 3.66. The lowest BCUT2D eigenvalue weighted by Crippen LogP contribution is -2.15. The molecule has 0 saturated heterocycles. The van der Waals surface area contributed by atoms with Gasteiger partial charge in [-0.15, -0.1) is 0 Å². The van der Waals surface area contributed by atoms with Crippen molar-refractivity contribution in [3.8, 4) is 45.0 Å². The summed E-state index contributed by atoms with van der Waals surface area (Å²) in [4.78, 5) is 9.52. The van der Waals surface area contributed by atoms with Crippen LogP contribution in [-0.2, 0) is 10.8 Å². The number of rotatable bonds is 3. The summed E-state index contributed by atoms with van der Waals surface area (Å²) in [7, 11) is 0. The van der Waals surface area contributed by atoms with Gasteiger partial charge in [-0.2, -0.15) is 0 Å². The van der Waals surface area contributed by atoms with Gasteiger partial charge in [0, 0.05) is 50.5 Å². The molecule has 3 heterocycles. The van der Waals surface area contributed by atoms with Gasteiger partial charge >= 0.3 is 0 Å². The second-order valence-corrected chi connectivity index (χ2v) is 16.7. The molecule has 0 fully saturated rings. The molecule has 4 nitrogen and oxygen atoms in total.